The Balaban J connectivity index is 1.64. The molecule has 0 radical (unpaired) electrons. The number of fused-ring (bicyclic) bond motifs is 2. The lowest BCUT2D eigenvalue weighted by Gasteiger charge is -2.15. The zero-order valence-corrected chi connectivity index (χ0v) is 11.7. The van der Waals surface area contributed by atoms with E-state index in [0.717, 1.165) is 17.9 Å². The number of benzene rings is 2. The molecule has 0 amide bonds. The quantitative estimate of drug-likeness (QED) is 0.686. The van der Waals surface area contributed by atoms with Crippen LogP contribution in [0.2, 0.25) is 5.02 Å². The van der Waals surface area contributed by atoms with E-state index in [-0.39, 0.29) is 0 Å². The van der Waals surface area contributed by atoms with Crippen LogP contribution in [0.5, 0.6) is 0 Å². The van der Waals surface area contributed by atoms with Crippen molar-refractivity contribution in [2.24, 2.45) is 0 Å². The van der Waals surface area contributed by atoms with Crippen molar-refractivity contribution in [2.45, 2.75) is 18.9 Å². The number of hydrogen-bond acceptors (Lipinski definition) is 1. The van der Waals surface area contributed by atoms with E-state index in [1.165, 1.54) is 27.7 Å². The lowest BCUT2D eigenvalue weighted by Crippen LogP contribution is -2.06. The van der Waals surface area contributed by atoms with Crippen molar-refractivity contribution in [3.63, 3.8) is 0 Å². The second-order valence-electron chi connectivity index (χ2n) is 5.36. The van der Waals surface area contributed by atoms with Crippen molar-refractivity contribution < 1.29 is 0 Å². The van der Waals surface area contributed by atoms with E-state index in [1.54, 1.807) is 0 Å². The zero-order chi connectivity index (χ0) is 13.5. The Morgan fingerprint density at radius 2 is 2.05 bits per heavy atom. The molecule has 0 fully saturated rings. The minimum absolute atomic E-state index is 0.388. The minimum atomic E-state index is 0.388. The van der Waals surface area contributed by atoms with Crippen molar-refractivity contribution in [2.75, 3.05) is 5.32 Å². The van der Waals surface area contributed by atoms with Gasteiger partial charge in [0.1, 0.15) is 0 Å². The first-order valence-electron chi connectivity index (χ1n) is 6.91. The van der Waals surface area contributed by atoms with E-state index in [9.17, 15) is 0 Å². The molecule has 1 aliphatic carbocycles. The summed E-state index contributed by atoms with van der Waals surface area (Å²) in [4.78, 5) is 3.22. The van der Waals surface area contributed by atoms with Crippen LogP contribution in [-0.2, 0) is 6.42 Å². The summed E-state index contributed by atoms with van der Waals surface area (Å²) in [5.74, 6) is 0. The third-order valence-corrected chi connectivity index (χ3v) is 4.31. The van der Waals surface area contributed by atoms with Crippen LogP contribution < -0.4 is 5.32 Å². The standard InChI is InChI=1S/C17H15ClN2/c18-13-2-4-15-11(9-13)1-5-17(15)20-14-3-6-16-12(10-14)7-8-19-16/h2-4,6-10,17,19-20H,1,5H2. The molecular formula is C17H15ClN2. The number of H-pyrrole nitrogens is 1. The van der Waals surface area contributed by atoms with Crippen molar-refractivity contribution >= 4 is 28.2 Å². The molecule has 1 aliphatic rings. The molecule has 3 heteroatoms. The van der Waals surface area contributed by atoms with Gasteiger partial charge in [-0.15, -0.1) is 0 Å². The number of hydrogen-bond donors (Lipinski definition) is 2. The number of aromatic amines is 1. The van der Waals surface area contributed by atoms with Gasteiger partial charge in [-0.05, 0) is 60.4 Å². The van der Waals surface area contributed by atoms with E-state index in [4.69, 9.17) is 11.6 Å². The van der Waals surface area contributed by atoms with E-state index >= 15 is 0 Å². The average Bonchev–Trinajstić information content (AvgIpc) is 3.05. The molecule has 0 aliphatic heterocycles. The highest BCUT2D eigenvalue weighted by atomic mass is 35.5. The Morgan fingerprint density at radius 3 is 3.00 bits per heavy atom. The number of rotatable bonds is 2. The second-order valence-corrected chi connectivity index (χ2v) is 5.79. The summed E-state index contributed by atoms with van der Waals surface area (Å²) in [7, 11) is 0. The Hall–Kier alpha value is -1.93. The molecule has 2 nitrogen and oxygen atoms in total. The van der Waals surface area contributed by atoms with E-state index in [0.29, 0.717) is 6.04 Å². The fourth-order valence-electron chi connectivity index (χ4n) is 3.08. The molecule has 0 bridgehead atoms. The number of halogens is 1. The van der Waals surface area contributed by atoms with Crippen molar-refractivity contribution in [3.8, 4) is 0 Å². The molecule has 4 rings (SSSR count). The van der Waals surface area contributed by atoms with Crippen LogP contribution in [-0.4, -0.2) is 4.98 Å². The Bertz CT molecular complexity index is 776. The van der Waals surface area contributed by atoms with Gasteiger partial charge in [-0.1, -0.05) is 17.7 Å². The van der Waals surface area contributed by atoms with Crippen LogP contribution in [0.4, 0.5) is 5.69 Å². The van der Waals surface area contributed by atoms with Gasteiger partial charge in [-0.3, -0.25) is 0 Å². The molecule has 0 saturated carbocycles. The third-order valence-electron chi connectivity index (χ3n) is 4.08. The van der Waals surface area contributed by atoms with Crippen LogP contribution in [0.25, 0.3) is 10.9 Å². The molecule has 1 unspecified atom stereocenters. The largest absolute Gasteiger partial charge is 0.378 e. The maximum absolute atomic E-state index is 6.06. The maximum Gasteiger partial charge on any atom is 0.0519 e. The van der Waals surface area contributed by atoms with Gasteiger partial charge >= 0.3 is 0 Å². The first kappa shape index (κ1) is 11.9. The molecule has 2 aromatic carbocycles. The van der Waals surface area contributed by atoms with Gasteiger partial charge in [0, 0.05) is 27.8 Å². The second kappa shape index (κ2) is 4.57. The maximum atomic E-state index is 6.06. The summed E-state index contributed by atoms with van der Waals surface area (Å²) in [6, 6.07) is 15.2. The predicted molar refractivity (Wildman–Crippen MR) is 84.4 cm³/mol. The smallest absolute Gasteiger partial charge is 0.0519 e. The highest BCUT2D eigenvalue weighted by Gasteiger charge is 2.22. The van der Waals surface area contributed by atoms with Gasteiger partial charge in [-0.2, -0.15) is 0 Å². The molecule has 3 aromatic rings. The van der Waals surface area contributed by atoms with Crippen molar-refractivity contribution in [1.82, 2.24) is 4.98 Å². The number of aryl methyl sites for hydroxylation is 1. The third kappa shape index (κ3) is 1.97. The molecule has 1 atom stereocenters. The summed E-state index contributed by atoms with van der Waals surface area (Å²) < 4.78 is 0. The Kier molecular flexibility index (Phi) is 2.71. The molecule has 20 heavy (non-hydrogen) atoms. The van der Waals surface area contributed by atoms with Crippen LogP contribution in [0.15, 0.2) is 48.7 Å². The summed E-state index contributed by atoms with van der Waals surface area (Å²) >= 11 is 6.06. The van der Waals surface area contributed by atoms with E-state index < -0.39 is 0 Å². The monoisotopic (exact) mass is 282 g/mol. The van der Waals surface area contributed by atoms with Crippen LogP contribution in [0.1, 0.15) is 23.6 Å². The molecule has 1 aromatic heterocycles. The average molecular weight is 283 g/mol. The van der Waals surface area contributed by atoms with Crippen molar-refractivity contribution in [1.29, 1.82) is 0 Å². The van der Waals surface area contributed by atoms with Gasteiger partial charge in [0.15, 0.2) is 0 Å². The predicted octanol–water partition coefficient (Wildman–Crippen LogP) is 4.92. The molecule has 100 valence electrons. The molecule has 0 spiro atoms. The minimum Gasteiger partial charge on any atom is -0.378 e. The first-order chi connectivity index (χ1) is 9.79. The van der Waals surface area contributed by atoms with Crippen molar-refractivity contribution in [3.05, 3.63) is 64.8 Å². The van der Waals surface area contributed by atoms with Crippen LogP contribution >= 0.6 is 11.6 Å². The molecular weight excluding hydrogens is 268 g/mol. The van der Waals surface area contributed by atoms with Gasteiger partial charge in [0.25, 0.3) is 0 Å². The lowest BCUT2D eigenvalue weighted by molar-refractivity contribution is 0.762. The van der Waals surface area contributed by atoms with Gasteiger partial charge in [0.2, 0.25) is 0 Å². The Morgan fingerprint density at radius 1 is 1.10 bits per heavy atom. The van der Waals surface area contributed by atoms with Gasteiger partial charge < -0.3 is 10.3 Å². The number of nitrogens with one attached hydrogen (secondary N) is 2. The first-order valence-corrected chi connectivity index (χ1v) is 7.29. The lowest BCUT2D eigenvalue weighted by atomic mass is 10.1. The Labute approximate surface area is 122 Å². The number of aromatic nitrogens is 1. The molecule has 1 heterocycles. The summed E-state index contributed by atoms with van der Waals surface area (Å²) in [5.41, 5.74) is 5.10. The SMILES string of the molecule is Clc1ccc2c(c1)CCC2Nc1ccc2[nH]ccc2c1. The topological polar surface area (TPSA) is 27.8 Å². The summed E-state index contributed by atoms with van der Waals surface area (Å²) in [5, 5.41) is 5.71. The molecule has 2 N–H and O–H groups in total. The van der Waals surface area contributed by atoms with Gasteiger partial charge in [0.05, 0.1) is 6.04 Å². The van der Waals surface area contributed by atoms with Crippen LogP contribution in [0, 0.1) is 0 Å². The van der Waals surface area contributed by atoms with E-state index in [2.05, 4.69) is 46.7 Å². The van der Waals surface area contributed by atoms with E-state index in [1.807, 2.05) is 12.3 Å². The summed E-state index contributed by atoms with van der Waals surface area (Å²) in [6.07, 6.45) is 4.20. The normalized spacial score (nSPS) is 17.4. The number of anilines is 1. The highest BCUT2D eigenvalue weighted by molar-refractivity contribution is 6.30. The van der Waals surface area contributed by atoms with Crippen LogP contribution in [0.3, 0.4) is 0 Å². The highest BCUT2D eigenvalue weighted by Crippen LogP contribution is 2.35. The van der Waals surface area contributed by atoms with Gasteiger partial charge in [-0.25, -0.2) is 0 Å². The summed E-state index contributed by atoms with van der Waals surface area (Å²) in [6.45, 7) is 0. The fourth-order valence-corrected chi connectivity index (χ4v) is 3.27. The zero-order valence-electron chi connectivity index (χ0n) is 11.0. The molecule has 0 saturated heterocycles. The fraction of sp³-hybridized carbons (Fsp3) is 0.176.